The van der Waals surface area contributed by atoms with Gasteiger partial charge in [0.25, 0.3) is 0 Å². The third-order valence-electron chi connectivity index (χ3n) is 4.32. The molecule has 2 aromatic rings. The minimum atomic E-state index is -0.436. The Balaban J connectivity index is 1.65. The Morgan fingerprint density at radius 2 is 1.85 bits per heavy atom. The summed E-state index contributed by atoms with van der Waals surface area (Å²) in [5.41, 5.74) is 1.72. The van der Waals surface area contributed by atoms with E-state index in [1.165, 1.54) is 0 Å². The van der Waals surface area contributed by atoms with Gasteiger partial charge in [0.1, 0.15) is 11.8 Å². The Morgan fingerprint density at radius 3 is 2.50 bits per heavy atom. The fourth-order valence-corrected chi connectivity index (χ4v) is 3.10. The maximum Gasteiger partial charge on any atom is 0.247 e. The molecule has 0 spiro atoms. The average molecular weight is 352 g/mol. The molecular weight excluding hydrogens is 328 g/mol. The van der Waals surface area contributed by atoms with Gasteiger partial charge < -0.3 is 15.0 Å². The van der Waals surface area contributed by atoms with E-state index in [0.717, 1.165) is 11.3 Å². The van der Waals surface area contributed by atoms with Crippen molar-refractivity contribution in [3.63, 3.8) is 0 Å². The molecule has 0 aromatic heterocycles. The van der Waals surface area contributed by atoms with Crippen LogP contribution in [0.15, 0.2) is 54.6 Å². The van der Waals surface area contributed by atoms with Gasteiger partial charge in [0.15, 0.2) is 0 Å². The largest absolute Gasteiger partial charge is 0.491 e. The van der Waals surface area contributed by atoms with Crippen molar-refractivity contribution in [2.24, 2.45) is 0 Å². The second kappa shape index (κ2) is 8.04. The van der Waals surface area contributed by atoms with Crippen molar-refractivity contribution in [3.05, 3.63) is 60.2 Å². The number of ether oxygens (including phenoxy) is 1. The molecule has 1 fully saturated rings. The summed E-state index contributed by atoms with van der Waals surface area (Å²) in [5.74, 6) is 0.638. The van der Waals surface area contributed by atoms with Crippen LogP contribution in [0.1, 0.15) is 32.3 Å². The second-order valence-corrected chi connectivity index (χ2v) is 6.74. The van der Waals surface area contributed by atoms with E-state index in [-0.39, 0.29) is 17.9 Å². The maximum absolute atomic E-state index is 12.7. The first-order valence-electron chi connectivity index (χ1n) is 8.94. The van der Waals surface area contributed by atoms with Crippen molar-refractivity contribution in [1.29, 1.82) is 0 Å². The van der Waals surface area contributed by atoms with Crippen molar-refractivity contribution < 1.29 is 14.3 Å². The molecule has 1 aliphatic rings. The second-order valence-electron chi connectivity index (χ2n) is 6.74. The Hall–Kier alpha value is -2.82. The maximum atomic E-state index is 12.7. The number of rotatable bonds is 6. The standard InChI is InChI=1S/C21H24N2O3/c1-15(2)26-18-10-8-17(9-11-18)22-21(25)19-12-13-20(24)23(19)14-16-6-4-3-5-7-16/h3-11,15,19H,12-14H2,1-2H3,(H,22,25). The Kier molecular flexibility index (Phi) is 5.56. The summed E-state index contributed by atoms with van der Waals surface area (Å²) >= 11 is 0. The number of hydrogen-bond acceptors (Lipinski definition) is 3. The molecule has 2 aromatic carbocycles. The van der Waals surface area contributed by atoms with E-state index in [1.807, 2.05) is 68.4 Å². The van der Waals surface area contributed by atoms with E-state index in [1.54, 1.807) is 4.90 Å². The van der Waals surface area contributed by atoms with Gasteiger partial charge in [-0.1, -0.05) is 30.3 Å². The molecule has 0 saturated carbocycles. The van der Waals surface area contributed by atoms with Crippen molar-refractivity contribution >= 4 is 17.5 Å². The van der Waals surface area contributed by atoms with E-state index in [2.05, 4.69) is 5.32 Å². The molecule has 1 N–H and O–H groups in total. The fraction of sp³-hybridized carbons (Fsp3) is 0.333. The van der Waals surface area contributed by atoms with Gasteiger partial charge in [-0.05, 0) is 50.1 Å². The smallest absolute Gasteiger partial charge is 0.247 e. The summed E-state index contributed by atoms with van der Waals surface area (Å²) in [6, 6.07) is 16.6. The van der Waals surface area contributed by atoms with E-state index >= 15 is 0 Å². The first kappa shape index (κ1) is 18.0. The number of nitrogens with one attached hydrogen (secondary N) is 1. The predicted octanol–water partition coefficient (Wildman–Crippen LogP) is 3.60. The van der Waals surface area contributed by atoms with Gasteiger partial charge in [-0.3, -0.25) is 9.59 Å². The highest BCUT2D eigenvalue weighted by Crippen LogP contribution is 2.24. The third-order valence-corrected chi connectivity index (χ3v) is 4.32. The van der Waals surface area contributed by atoms with Gasteiger partial charge in [0.05, 0.1) is 6.10 Å². The highest BCUT2D eigenvalue weighted by atomic mass is 16.5. The molecule has 1 saturated heterocycles. The summed E-state index contributed by atoms with van der Waals surface area (Å²) in [6.45, 7) is 4.39. The van der Waals surface area contributed by atoms with Crippen molar-refractivity contribution in [2.75, 3.05) is 5.32 Å². The zero-order chi connectivity index (χ0) is 18.5. The number of benzene rings is 2. The van der Waals surface area contributed by atoms with Crippen LogP contribution in [0.25, 0.3) is 0 Å². The van der Waals surface area contributed by atoms with Gasteiger partial charge in [-0.2, -0.15) is 0 Å². The van der Waals surface area contributed by atoms with Crippen LogP contribution in [0.3, 0.4) is 0 Å². The molecule has 1 unspecified atom stereocenters. The molecule has 0 aliphatic carbocycles. The number of hydrogen-bond donors (Lipinski definition) is 1. The molecule has 5 nitrogen and oxygen atoms in total. The summed E-state index contributed by atoms with van der Waals surface area (Å²) in [4.78, 5) is 26.6. The van der Waals surface area contributed by atoms with Crippen molar-refractivity contribution in [2.45, 2.75) is 45.4 Å². The first-order valence-corrected chi connectivity index (χ1v) is 8.94. The van der Waals surface area contributed by atoms with Crippen LogP contribution in [0.5, 0.6) is 5.75 Å². The van der Waals surface area contributed by atoms with Crippen molar-refractivity contribution in [3.8, 4) is 5.75 Å². The minimum Gasteiger partial charge on any atom is -0.491 e. The number of nitrogens with zero attached hydrogens (tertiary/aromatic N) is 1. The van der Waals surface area contributed by atoms with E-state index in [4.69, 9.17) is 4.74 Å². The molecule has 136 valence electrons. The quantitative estimate of drug-likeness (QED) is 0.864. The molecule has 5 heteroatoms. The number of carbonyl (C=O) groups excluding carboxylic acids is 2. The lowest BCUT2D eigenvalue weighted by molar-refractivity contribution is -0.133. The Labute approximate surface area is 154 Å². The van der Waals surface area contributed by atoms with Crippen LogP contribution in [0, 0.1) is 0 Å². The minimum absolute atomic E-state index is 0.0229. The van der Waals surface area contributed by atoms with E-state index in [0.29, 0.717) is 25.1 Å². The third kappa shape index (κ3) is 4.42. The Morgan fingerprint density at radius 1 is 1.15 bits per heavy atom. The number of carbonyl (C=O) groups is 2. The zero-order valence-electron chi connectivity index (χ0n) is 15.1. The molecule has 2 amide bonds. The van der Waals surface area contributed by atoms with Gasteiger partial charge >= 0.3 is 0 Å². The monoisotopic (exact) mass is 352 g/mol. The normalized spacial score (nSPS) is 16.8. The van der Waals surface area contributed by atoms with Crippen LogP contribution >= 0.6 is 0 Å². The molecule has 0 bridgehead atoms. The average Bonchev–Trinajstić information content (AvgIpc) is 2.98. The van der Waals surface area contributed by atoms with Crippen LogP contribution < -0.4 is 10.1 Å². The van der Waals surface area contributed by atoms with Crippen LogP contribution in [-0.2, 0) is 16.1 Å². The summed E-state index contributed by atoms with van der Waals surface area (Å²) < 4.78 is 5.61. The number of amides is 2. The Bertz CT molecular complexity index is 757. The fourth-order valence-electron chi connectivity index (χ4n) is 3.10. The van der Waals surface area contributed by atoms with Gasteiger partial charge in [-0.15, -0.1) is 0 Å². The van der Waals surface area contributed by atoms with E-state index < -0.39 is 6.04 Å². The molecule has 1 heterocycles. The SMILES string of the molecule is CC(C)Oc1ccc(NC(=O)C2CCC(=O)N2Cc2ccccc2)cc1. The lowest BCUT2D eigenvalue weighted by Gasteiger charge is -2.24. The van der Waals surface area contributed by atoms with Gasteiger partial charge in [0.2, 0.25) is 11.8 Å². The molecule has 0 radical (unpaired) electrons. The lowest BCUT2D eigenvalue weighted by atomic mass is 10.1. The molecule has 3 rings (SSSR count). The predicted molar refractivity (Wildman–Crippen MR) is 101 cm³/mol. The highest BCUT2D eigenvalue weighted by Gasteiger charge is 2.35. The summed E-state index contributed by atoms with van der Waals surface area (Å²) in [5, 5.41) is 2.91. The molecule has 1 atom stereocenters. The van der Waals surface area contributed by atoms with Crippen molar-refractivity contribution in [1.82, 2.24) is 4.90 Å². The van der Waals surface area contributed by atoms with Crippen LogP contribution in [-0.4, -0.2) is 28.9 Å². The van der Waals surface area contributed by atoms with Gasteiger partial charge in [-0.25, -0.2) is 0 Å². The summed E-state index contributed by atoms with van der Waals surface area (Å²) in [7, 11) is 0. The molecular formula is C21H24N2O3. The molecule has 1 aliphatic heterocycles. The highest BCUT2D eigenvalue weighted by molar-refractivity contribution is 5.99. The first-order chi connectivity index (χ1) is 12.5. The zero-order valence-corrected chi connectivity index (χ0v) is 15.1. The molecule has 26 heavy (non-hydrogen) atoms. The lowest BCUT2D eigenvalue weighted by Crippen LogP contribution is -2.41. The summed E-state index contributed by atoms with van der Waals surface area (Å²) in [6.07, 6.45) is 1.06. The topological polar surface area (TPSA) is 58.6 Å². The van der Waals surface area contributed by atoms with Crippen LogP contribution in [0.2, 0.25) is 0 Å². The van der Waals surface area contributed by atoms with Gasteiger partial charge in [0, 0.05) is 18.7 Å². The van der Waals surface area contributed by atoms with Crippen LogP contribution in [0.4, 0.5) is 5.69 Å². The number of anilines is 1. The number of likely N-dealkylation sites (tertiary alicyclic amines) is 1. The van der Waals surface area contributed by atoms with E-state index in [9.17, 15) is 9.59 Å².